The summed E-state index contributed by atoms with van der Waals surface area (Å²) in [7, 11) is 3.23. The van der Waals surface area contributed by atoms with Gasteiger partial charge in [0.2, 0.25) is 5.88 Å². The lowest BCUT2D eigenvalue weighted by atomic mass is 10.1. The third kappa shape index (κ3) is 2.66. The van der Waals surface area contributed by atoms with Crippen LogP contribution in [-0.2, 0) is 0 Å². The Hall–Kier alpha value is -1.37. The smallest absolute Gasteiger partial charge is 0.232 e. The molecule has 0 aliphatic carbocycles. The van der Waals surface area contributed by atoms with Gasteiger partial charge in [-0.3, -0.25) is 4.98 Å². The van der Waals surface area contributed by atoms with E-state index in [0.29, 0.717) is 5.88 Å². The van der Waals surface area contributed by atoms with Gasteiger partial charge in [0.25, 0.3) is 0 Å². The number of methoxy groups -OCH3 is 2. The highest BCUT2D eigenvalue weighted by molar-refractivity contribution is 14.1. The minimum absolute atomic E-state index is 0.508. The van der Waals surface area contributed by atoms with Crippen molar-refractivity contribution >= 4 is 22.6 Å². The van der Waals surface area contributed by atoms with Crippen LogP contribution in [0.4, 0.5) is 0 Å². The van der Waals surface area contributed by atoms with Crippen LogP contribution in [0.15, 0.2) is 30.6 Å². The molecule has 0 saturated heterocycles. The summed E-state index contributed by atoms with van der Waals surface area (Å²) in [5.41, 5.74) is 1.80. The minimum Gasteiger partial charge on any atom is -0.497 e. The third-order valence-corrected chi connectivity index (χ3v) is 3.17. The molecule has 0 unspecified atom stereocenters. The van der Waals surface area contributed by atoms with Crippen LogP contribution in [0.3, 0.4) is 0 Å². The van der Waals surface area contributed by atoms with Gasteiger partial charge in [-0.15, -0.1) is 0 Å². The molecule has 4 nitrogen and oxygen atoms in total. The lowest BCUT2D eigenvalue weighted by molar-refractivity contribution is 0.396. The summed E-state index contributed by atoms with van der Waals surface area (Å²) < 4.78 is 11.3. The first-order valence-electron chi connectivity index (χ1n) is 4.94. The summed E-state index contributed by atoms with van der Waals surface area (Å²) in [6.45, 7) is 0. The summed E-state index contributed by atoms with van der Waals surface area (Å²) >= 11 is 2.25. The topological polar surface area (TPSA) is 44.2 Å². The van der Waals surface area contributed by atoms with E-state index in [1.54, 1.807) is 26.6 Å². The zero-order valence-electron chi connectivity index (χ0n) is 9.48. The molecule has 0 spiro atoms. The Morgan fingerprint density at radius 1 is 1.12 bits per heavy atom. The van der Waals surface area contributed by atoms with Crippen LogP contribution in [-0.4, -0.2) is 24.2 Å². The minimum atomic E-state index is 0.508. The van der Waals surface area contributed by atoms with Crippen LogP contribution in [0.1, 0.15) is 0 Å². The van der Waals surface area contributed by atoms with Crippen molar-refractivity contribution < 1.29 is 9.47 Å². The number of ether oxygens (including phenoxy) is 2. The Kier molecular flexibility index (Phi) is 3.78. The van der Waals surface area contributed by atoms with Crippen molar-refractivity contribution in [2.75, 3.05) is 14.2 Å². The molecule has 0 N–H and O–H groups in total. The molecular weight excluding hydrogens is 331 g/mol. The number of hydrogen-bond acceptors (Lipinski definition) is 4. The van der Waals surface area contributed by atoms with Crippen LogP contribution in [0.25, 0.3) is 11.3 Å². The summed E-state index contributed by atoms with van der Waals surface area (Å²) in [6.07, 6.45) is 3.30. The molecule has 1 heterocycles. The first kappa shape index (κ1) is 12.1. The Morgan fingerprint density at radius 2 is 1.94 bits per heavy atom. The normalized spacial score (nSPS) is 10.1. The molecule has 0 radical (unpaired) electrons. The molecule has 17 heavy (non-hydrogen) atoms. The van der Waals surface area contributed by atoms with Crippen molar-refractivity contribution in [1.29, 1.82) is 0 Å². The van der Waals surface area contributed by atoms with Gasteiger partial charge in [0.05, 0.1) is 32.3 Å². The van der Waals surface area contributed by atoms with E-state index in [2.05, 4.69) is 32.6 Å². The van der Waals surface area contributed by atoms with Crippen molar-refractivity contribution in [2.45, 2.75) is 0 Å². The maximum absolute atomic E-state index is 5.17. The van der Waals surface area contributed by atoms with E-state index in [0.717, 1.165) is 20.6 Å². The van der Waals surface area contributed by atoms with Crippen molar-refractivity contribution in [3.05, 3.63) is 34.2 Å². The van der Waals surface area contributed by atoms with Gasteiger partial charge in [-0.1, -0.05) is 0 Å². The molecule has 5 heteroatoms. The SMILES string of the molecule is COc1ccc(-c2cncc(OC)n2)c(I)c1. The van der Waals surface area contributed by atoms with Crippen LogP contribution < -0.4 is 9.47 Å². The Bertz CT molecular complexity index is 532. The average Bonchev–Trinajstić information content (AvgIpc) is 2.38. The molecular formula is C12H11IN2O2. The zero-order valence-corrected chi connectivity index (χ0v) is 11.6. The third-order valence-electron chi connectivity index (χ3n) is 2.27. The van der Waals surface area contributed by atoms with Crippen LogP contribution in [0, 0.1) is 3.57 Å². The maximum atomic E-state index is 5.17. The molecule has 1 aromatic carbocycles. The second-order valence-electron chi connectivity index (χ2n) is 3.29. The highest BCUT2D eigenvalue weighted by atomic mass is 127. The predicted molar refractivity (Wildman–Crippen MR) is 73.3 cm³/mol. The van der Waals surface area contributed by atoms with Crippen LogP contribution in [0.5, 0.6) is 11.6 Å². The van der Waals surface area contributed by atoms with Crippen molar-refractivity contribution in [3.8, 4) is 22.9 Å². The second kappa shape index (κ2) is 5.31. The number of nitrogens with zero attached hydrogens (tertiary/aromatic N) is 2. The number of aromatic nitrogens is 2. The van der Waals surface area contributed by atoms with Crippen LogP contribution >= 0.6 is 22.6 Å². The van der Waals surface area contributed by atoms with Gasteiger partial charge in [-0.25, -0.2) is 4.98 Å². The predicted octanol–water partition coefficient (Wildman–Crippen LogP) is 2.77. The highest BCUT2D eigenvalue weighted by Crippen LogP contribution is 2.27. The fourth-order valence-corrected chi connectivity index (χ4v) is 2.17. The lowest BCUT2D eigenvalue weighted by Crippen LogP contribution is -1.93. The average molecular weight is 342 g/mol. The number of hydrogen-bond donors (Lipinski definition) is 0. The Morgan fingerprint density at radius 3 is 2.59 bits per heavy atom. The molecule has 0 atom stereocenters. The summed E-state index contributed by atoms with van der Waals surface area (Å²) in [5.74, 6) is 1.34. The molecule has 0 aliphatic heterocycles. The van der Waals surface area contributed by atoms with Gasteiger partial charge in [0.15, 0.2) is 0 Å². The van der Waals surface area contributed by atoms with Crippen molar-refractivity contribution in [3.63, 3.8) is 0 Å². The molecule has 0 bridgehead atoms. The maximum Gasteiger partial charge on any atom is 0.232 e. The summed E-state index contributed by atoms with van der Waals surface area (Å²) in [6, 6.07) is 5.82. The van der Waals surface area contributed by atoms with Crippen molar-refractivity contribution in [2.24, 2.45) is 0 Å². The van der Waals surface area contributed by atoms with Gasteiger partial charge >= 0.3 is 0 Å². The molecule has 1 aromatic heterocycles. The van der Waals surface area contributed by atoms with E-state index in [-0.39, 0.29) is 0 Å². The summed E-state index contributed by atoms with van der Waals surface area (Å²) in [4.78, 5) is 8.44. The van der Waals surface area contributed by atoms with Gasteiger partial charge in [0, 0.05) is 9.13 Å². The van der Waals surface area contributed by atoms with Gasteiger partial charge in [-0.05, 0) is 40.8 Å². The standard InChI is InChI=1S/C12H11IN2O2/c1-16-8-3-4-9(10(13)5-8)11-6-14-7-12(15-11)17-2/h3-7H,1-2H3. The molecule has 0 saturated carbocycles. The van der Waals surface area contributed by atoms with E-state index >= 15 is 0 Å². The first-order chi connectivity index (χ1) is 8.24. The largest absolute Gasteiger partial charge is 0.497 e. The molecule has 2 aromatic rings. The van der Waals surface area contributed by atoms with E-state index in [4.69, 9.17) is 9.47 Å². The van der Waals surface area contributed by atoms with Gasteiger partial charge < -0.3 is 9.47 Å². The Labute approximate surface area is 113 Å². The number of benzene rings is 1. The van der Waals surface area contributed by atoms with E-state index in [1.807, 2.05) is 18.2 Å². The molecule has 0 aliphatic rings. The Balaban J connectivity index is 2.45. The van der Waals surface area contributed by atoms with E-state index in [1.165, 1.54) is 0 Å². The number of rotatable bonds is 3. The number of halogens is 1. The molecule has 0 fully saturated rings. The van der Waals surface area contributed by atoms with E-state index < -0.39 is 0 Å². The second-order valence-corrected chi connectivity index (χ2v) is 4.45. The fourth-order valence-electron chi connectivity index (χ4n) is 1.41. The van der Waals surface area contributed by atoms with Crippen molar-refractivity contribution in [1.82, 2.24) is 9.97 Å². The van der Waals surface area contributed by atoms with Gasteiger partial charge in [-0.2, -0.15) is 0 Å². The van der Waals surface area contributed by atoms with Gasteiger partial charge in [0.1, 0.15) is 5.75 Å². The molecule has 2 rings (SSSR count). The van der Waals surface area contributed by atoms with Crippen LogP contribution in [0.2, 0.25) is 0 Å². The quantitative estimate of drug-likeness (QED) is 0.805. The first-order valence-corrected chi connectivity index (χ1v) is 6.02. The summed E-state index contributed by atoms with van der Waals surface area (Å²) in [5, 5.41) is 0. The molecule has 0 amide bonds. The molecule has 88 valence electrons. The fraction of sp³-hybridized carbons (Fsp3) is 0.167. The lowest BCUT2D eigenvalue weighted by Gasteiger charge is -2.07. The van der Waals surface area contributed by atoms with E-state index in [9.17, 15) is 0 Å². The monoisotopic (exact) mass is 342 g/mol. The zero-order chi connectivity index (χ0) is 12.3. The highest BCUT2D eigenvalue weighted by Gasteiger charge is 2.07.